The molecule has 0 bridgehead atoms. The van der Waals surface area contributed by atoms with E-state index in [1.54, 1.807) is 0 Å². The molecule has 0 amide bonds. The second kappa shape index (κ2) is 6.73. The van der Waals surface area contributed by atoms with Crippen molar-refractivity contribution in [2.45, 2.75) is 37.6 Å². The fraction of sp³-hybridized carbons (Fsp3) is 0.562. The number of aliphatic imine (C=N–C) groups is 1. The average Bonchev–Trinajstić information content (AvgIpc) is 3.34. The fourth-order valence-corrected chi connectivity index (χ4v) is 2.87. The van der Waals surface area contributed by atoms with Crippen molar-refractivity contribution in [1.29, 1.82) is 0 Å². The van der Waals surface area contributed by atoms with E-state index >= 15 is 0 Å². The lowest BCUT2D eigenvalue weighted by Gasteiger charge is -2.19. The van der Waals surface area contributed by atoms with E-state index in [1.807, 2.05) is 19.2 Å². The molecule has 2 fully saturated rings. The summed E-state index contributed by atoms with van der Waals surface area (Å²) in [4.78, 5) is 4.31. The minimum Gasteiger partial charge on any atom is -0.356 e. The quantitative estimate of drug-likeness (QED) is 0.445. The monoisotopic (exact) mass is 419 g/mol. The molecule has 1 aromatic carbocycles. The largest absolute Gasteiger partial charge is 0.356 e. The van der Waals surface area contributed by atoms with Crippen molar-refractivity contribution in [2.75, 3.05) is 13.6 Å². The van der Waals surface area contributed by atoms with Crippen molar-refractivity contribution in [3.05, 3.63) is 34.9 Å². The lowest BCUT2D eigenvalue weighted by Crippen LogP contribution is -2.42. The zero-order valence-electron chi connectivity index (χ0n) is 12.5. The summed E-state index contributed by atoms with van der Waals surface area (Å²) in [5.74, 6) is 1.70. The summed E-state index contributed by atoms with van der Waals surface area (Å²) in [7, 11) is 1.83. The van der Waals surface area contributed by atoms with Crippen molar-refractivity contribution in [3.8, 4) is 0 Å². The summed E-state index contributed by atoms with van der Waals surface area (Å²) in [5.41, 5.74) is 1.59. The minimum atomic E-state index is 0. The number of rotatable bonds is 4. The van der Waals surface area contributed by atoms with Crippen LogP contribution in [0.2, 0.25) is 5.02 Å². The molecule has 21 heavy (non-hydrogen) atoms. The van der Waals surface area contributed by atoms with Gasteiger partial charge < -0.3 is 10.6 Å². The van der Waals surface area contributed by atoms with Gasteiger partial charge in [-0.15, -0.1) is 24.0 Å². The molecule has 2 N–H and O–H groups in total. The van der Waals surface area contributed by atoms with E-state index in [-0.39, 0.29) is 29.4 Å². The molecule has 1 aromatic rings. The zero-order valence-corrected chi connectivity index (χ0v) is 15.6. The van der Waals surface area contributed by atoms with Crippen molar-refractivity contribution in [2.24, 2.45) is 10.9 Å². The van der Waals surface area contributed by atoms with E-state index in [0.29, 0.717) is 6.04 Å². The van der Waals surface area contributed by atoms with Gasteiger partial charge in [0.2, 0.25) is 0 Å². The third-order valence-corrected chi connectivity index (χ3v) is 4.78. The Morgan fingerprint density at radius 1 is 1.43 bits per heavy atom. The van der Waals surface area contributed by atoms with E-state index in [9.17, 15) is 0 Å². The van der Waals surface area contributed by atoms with Crippen LogP contribution in [0.1, 0.15) is 31.7 Å². The maximum absolute atomic E-state index is 6.11. The first-order chi connectivity index (χ1) is 9.63. The molecule has 3 rings (SSSR count). The van der Waals surface area contributed by atoms with Crippen LogP contribution in [0.4, 0.5) is 0 Å². The summed E-state index contributed by atoms with van der Waals surface area (Å²) in [6.45, 7) is 3.19. The van der Waals surface area contributed by atoms with Gasteiger partial charge in [-0.3, -0.25) is 4.99 Å². The van der Waals surface area contributed by atoms with Crippen molar-refractivity contribution < 1.29 is 0 Å². The summed E-state index contributed by atoms with van der Waals surface area (Å²) >= 11 is 6.11. The molecule has 2 atom stereocenters. The van der Waals surface area contributed by atoms with Crippen LogP contribution in [-0.4, -0.2) is 25.6 Å². The van der Waals surface area contributed by atoms with Gasteiger partial charge in [-0.05, 0) is 42.9 Å². The third-order valence-electron chi connectivity index (χ3n) is 4.54. The van der Waals surface area contributed by atoms with Gasteiger partial charge in [0.1, 0.15) is 0 Å². The molecule has 2 aliphatic rings. The maximum atomic E-state index is 6.11. The van der Waals surface area contributed by atoms with Gasteiger partial charge in [-0.1, -0.05) is 30.7 Å². The number of halogens is 2. The molecule has 0 radical (unpaired) electrons. The fourth-order valence-electron chi connectivity index (χ4n) is 2.68. The Morgan fingerprint density at radius 3 is 2.67 bits per heavy atom. The molecule has 2 aliphatic carbocycles. The standard InChI is InChI=1S/C16H22ClN3.HI/c1-11-8-14(11)20-15(18-2)19-10-16(6-7-16)12-4-3-5-13(17)9-12;/h3-5,9,11,14H,6-8,10H2,1-2H3,(H2,18,19,20);1H. The highest BCUT2D eigenvalue weighted by Crippen LogP contribution is 2.48. The van der Waals surface area contributed by atoms with E-state index in [2.05, 4.69) is 34.7 Å². The van der Waals surface area contributed by atoms with E-state index in [1.165, 1.54) is 24.8 Å². The molecule has 0 aliphatic heterocycles. The Morgan fingerprint density at radius 2 is 2.14 bits per heavy atom. The molecule has 2 saturated carbocycles. The van der Waals surface area contributed by atoms with Crippen LogP contribution in [0, 0.1) is 5.92 Å². The Hall–Kier alpha value is -0.490. The molecule has 116 valence electrons. The van der Waals surface area contributed by atoms with Crippen LogP contribution in [0.5, 0.6) is 0 Å². The van der Waals surface area contributed by atoms with Gasteiger partial charge in [-0.2, -0.15) is 0 Å². The van der Waals surface area contributed by atoms with Crippen LogP contribution < -0.4 is 10.6 Å². The first kappa shape index (κ1) is 16.9. The van der Waals surface area contributed by atoms with E-state index in [4.69, 9.17) is 11.6 Å². The second-order valence-corrected chi connectivity index (χ2v) is 6.62. The Kier molecular flexibility index (Phi) is 5.41. The van der Waals surface area contributed by atoms with Crippen LogP contribution >= 0.6 is 35.6 Å². The van der Waals surface area contributed by atoms with Gasteiger partial charge in [0.15, 0.2) is 5.96 Å². The van der Waals surface area contributed by atoms with Crippen LogP contribution in [0.3, 0.4) is 0 Å². The first-order valence-electron chi connectivity index (χ1n) is 7.36. The summed E-state index contributed by atoms with van der Waals surface area (Å²) < 4.78 is 0. The zero-order chi connectivity index (χ0) is 14.2. The number of nitrogens with one attached hydrogen (secondary N) is 2. The Bertz CT molecular complexity index is 528. The van der Waals surface area contributed by atoms with Crippen molar-refractivity contribution in [1.82, 2.24) is 10.6 Å². The molecule has 3 nitrogen and oxygen atoms in total. The molecular weight excluding hydrogens is 397 g/mol. The number of nitrogens with zero attached hydrogens (tertiary/aromatic N) is 1. The highest BCUT2D eigenvalue weighted by molar-refractivity contribution is 14.0. The highest BCUT2D eigenvalue weighted by Gasteiger charge is 2.44. The van der Waals surface area contributed by atoms with Gasteiger partial charge >= 0.3 is 0 Å². The molecule has 2 unspecified atom stereocenters. The van der Waals surface area contributed by atoms with E-state index < -0.39 is 0 Å². The SMILES string of the molecule is CN=C(NCC1(c2cccc(Cl)c2)CC1)NC1CC1C.I. The lowest BCUT2D eigenvalue weighted by molar-refractivity contribution is 0.642. The smallest absolute Gasteiger partial charge is 0.191 e. The lowest BCUT2D eigenvalue weighted by atomic mass is 9.96. The second-order valence-electron chi connectivity index (χ2n) is 6.18. The van der Waals surface area contributed by atoms with Crippen LogP contribution in [-0.2, 0) is 5.41 Å². The van der Waals surface area contributed by atoms with Crippen LogP contribution in [0.15, 0.2) is 29.3 Å². The molecule has 0 aromatic heterocycles. The summed E-state index contributed by atoms with van der Waals surface area (Å²) in [5, 5.41) is 7.77. The molecule has 5 heteroatoms. The molecular formula is C16H23ClIN3. The predicted molar refractivity (Wildman–Crippen MR) is 99.8 cm³/mol. The summed E-state index contributed by atoms with van der Waals surface area (Å²) in [6, 6.07) is 8.84. The van der Waals surface area contributed by atoms with Gasteiger partial charge in [0, 0.05) is 30.1 Å². The third kappa shape index (κ3) is 4.03. The van der Waals surface area contributed by atoms with E-state index in [0.717, 1.165) is 23.4 Å². The molecule has 0 saturated heterocycles. The predicted octanol–water partition coefficient (Wildman–Crippen LogP) is 3.56. The van der Waals surface area contributed by atoms with Crippen molar-refractivity contribution in [3.63, 3.8) is 0 Å². The first-order valence-corrected chi connectivity index (χ1v) is 7.74. The number of guanidine groups is 1. The van der Waals surface area contributed by atoms with Gasteiger partial charge in [-0.25, -0.2) is 0 Å². The minimum absolute atomic E-state index is 0. The van der Waals surface area contributed by atoms with Gasteiger partial charge in [0.25, 0.3) is 0 Å². The number of benzene rings is 1. The number of hydrogen-bond acceptors (Lipinski definition) is 1. The average molecular weight is 420 g/mol. The molecule has 0 spiro atoms. The highest BCUT2D eigenvalue weighted by atomic mass is 127. The normalized spacial score (nSPS) is 25.8. The van der Waals surface area contributed by atoms with Crippen LogP contribution in [0.25, 0.3) is 0 Å². The Balaban J connectivity index is 0.00000161. The Labute approximate surface area is 149 Å². The number of hydrogen-bond donors (Lipinski definition) is 2. The topological polar surface area (TPSA) is 36.4 Å². The van der Waals surface area contributed by atoms with Gasteiger partial charge in [0.05, 0.1) is 0 Å². The maximum Gasteiger partial charge on any atom is 0.191 e. The van der Waals surface area contributed by atoms with Crippen molar-refractivity contribution >= 4 is 41.5 Å². The summed E-state index contributed by atoms with van der Waals surface area (Å²) in [6.07, 6.45) is 3.69. The molecule has 0 heterocycles.